The van der Waals surface area contributed by atoms with Crippen molar-refractivity contribution in [3.05, 3.63) is 29.8 Å². The van der Waals surface area contributed by atoms with Crippen molar-refractivity contribution in [3.63, 3.8) is 0 Å². The molecule has 0 aromatic heterocycles. The fraction of sp³-hybridized carbons (Fsp3) is 0.600. The van der Waals surface area contributed by atoms with Crippen LogP contribution >= 0.6 is 0 Å². The lowest BCUT2D eigenvalue weighted by molar-refractivity contribution is 0.559. The van der Waals surface area contributed by atoms with E-state index < -0.39 is 0 Å². The number of hydrogen-bond donors (Lipinski definition) is 1. The number of para-hydroxylation sites is 1. The average Bonchev–Trinajstić information content (AvgIpc) is 3.08. The van der Waals surface area contributed by atoms with Gasteiger partial charge in [0, 0.05) is 24.3 Å². The Kier molecular flexibility index (Phi) is 2.83. The molecule has 0 spiro atoms. The first kappa shape index (κ1) is 11.1. The van der Waals surface area contributed by atoms with E-state index in [1.54, 1.807) is 0 Å². The summed E-state index contributed by atoms with van der Waals surface area (Å²) in [7, 11) is 0. The number of nitrogens with zero attached hydrogens (tertiary/aromatic N) is 1. The third-order valence-corrected chi connectivity index (χ3v) is 4.20. The number of fused-ring (bicyclic) bond motifs is 1. The van der Waals surface area contributed by atoms with Gasteiger partial charge in [-0.05, 0) is 50.2 Å². The minimum Gasteiger partial charge on any atom is -0.371 e. The molecule has 1 aromatic carbocycles. The van der Waals surface area contributed by atoms with E-state index in [2.05, 4.69) is 29.2 Å². The van der Waals surface area contributed by atoms with Gasteiger partial charge in [0.15, 0.2) is 0 Å². The number of aryl methyl sites for hydroxylation is 1. The Hall–Kier alpha value is -1.02. The molecule has 1 aliphatic heterocycles. The van der Waals surface area contributed by atoms with Crippen LogP contribution in [0.5, 0.6) is 0 Å². The number of nitrogens with two attached hydrogens (primary N) is 1. The molecule has 1 heterocycles. The van der Waals surface area contributed by atoms with Gasteiger partial charge in [0.05, 0.1) is 0 Å². The summed E-state index contributed by atoms with van der Waals surface area (Å²) in [6, 6.07) is 8.85. The van der Waals surface area contributed by atoms with Crippen molar-refractivity contribution < 1.29 is 0 Å². The SMILES string of the molecule is NC1(CCCN2CCCc3ccccc32)CC1. The van der Waals surface area contributed by atoms with E-state index >= 15 is 0 Å². The van der Waals surface area contributed by atoms with Gasteiger partial charge in [-0.15, -0.1) is 0 Å². The van der Waals surface area contributed by atoms with Crippen molar-refractivity contribution in [2.45, 2.75) is 44.1 Å². The first-order valence-corrected chi connectivity index (χ1v) is 6.89. The second kappa shape index (κ2) is 4.34. The molecule has 1 fully saturated rings. The lowest BCUT2D eigenvalue weighted by Gasteiger charge is -2.31. The van der Waals surface area contributed by atoms with Gasteiger partial charge in [-0.25, -0.2) is 0 Å². The van der Waals surface area contributed by atoms with Crippen molar-refractivity contribution in [1.82, 2.24) is 0 Å². The monoisotopic (exact) mass is 230 g/mol. The summed E-state index contributed by atoms with van der Waals surface area (Å²) in [6.07, 6.45) is 7.46. The number of rotatable bonds is 4. The fourth-order valence-corrected chi connectivity index (χ4v) is 2.88. The van der Waals surface area contributed by atoms with Crippen LogP contribution < -0.4 is 10.6 Å². The van der Waals surface area contributed by atoms with Crippen molar-refractivity contribution in [3.8, 4) is 0 Å². The lowest BCUT2D eigenvalue weighted by atomic mass is 10.0. The maximum atomic E-state index is 6.14. The quantitative estimate of drug-likeness (QED) is 0.861. The molecule has 0 amide bonds. The summed E-state index contributed by atoms with van der Waals surface area (Å²) >= 11 is 0. The first-order chi connectivity index (χ1) is 8.27. The molecule has 2 aliphatic rings. The molecule has 92 valence electrons. The second-order valence-corrected chi connectivity index (χ2v) is 5.69. The number of anilines is 1. The topological polar surface area (TPSA) is 29.3 Å². The summed E-state index contributed by atoms with van der Waals surface area (Å²) < 4.78 is 0. The summed E-state index contributed by atoms with van der Waals surface area (Å²) in [4.78, 5) is 2.55. The predicted octanol–water partition coefficient (Wildman–Crippen LogP) is 2.71. The van der Waals surface area contributed by atoms with Crippen LogP contribution in [0.3, 0.4) is 0 Å². The van der Waals surface area contributed by atoms with Gasteiger partial charge in [-0.2, -0.15) is 0 Å². The summed E-state index contributed by atoms with van der Waals surface area (Å²) in [6.45, 7) is 2.39. The van der Waals surface area contributed by atoms with Crippen LogP contribution in [0.4, 0.5) is 5.69 Å². The highest BCUT2D eigenvalue weighted by Gasteiger charge is 2.37. The summed E-state index contributed by atoms with van der Waals surface area (Å²) in [5.41, 5.74) is 9.34. The van der Waals surface area contributed by atoms with E-state index in [0.717, 1.165) is 0 Å². The van der Waals surface area contributed by atoms with E-state index in [9.17, 15) is 0 Å². The molecule has 3 rings (SSSR count). The molecule has 0 radical (unpaired) electrons. The minimum atomic E-state index is 0.218. The van der Waals surface area contributed by atoms with Gasteiger partial charge in [0.2, 0.25) is 0 Å². The highest BCUT2D eigenvalue weighted by Crippen LogP contribution is 2.37. The molecule has 0 atom stereocenters. The van der Waals surface area contributed by atoms with Crippen LogP contribution in [0.1, 0.15) is 37.7 Å². The highest BCUT2D eigenvalue weighted by molar-refractivity contribution is 5.55. The Labute approximate surface area is 104 Å². The minimum absolute atomic E-state index is 0.218. The normalized spacial score (nSPS) is 21.1. The second-order valence-electron chi connectivity index (χ2n) is 5.69. The van der Waals surface area contributed by atoms with Crippen molar-refractivity contribution >= 4 is 5.69 Å². The highest BCUT2D eigenvalue weighted by atomic mass is 15.1. The smallest absolute Gasteiger partial charge is 0.0398 e. The number of hydrogen-bond acceptors (Lipinski definition) is 2. The molecule has 0 saturated heterocycles. The molecule has 1 aliphatic carbocycles. The Balaban J connectivity index is 1.60. The van der Waals surface area contributed by atoms with Crippen molar-refractivity contribution in [2.75, 3.05) is 18.0 Å². The largest absolute Gasteiger partial charge is 0.371 e. The molecule has 1 aromatic rings. The van der Waals surface area contributed by atoms with Crippen LogP contribution in [0.25, 0.3) is 0 Å². The van der Waals surface area contributed by atoms with Crippen LogP contribution in [0, 0.1) is 0 Å². The van der Waals surface area contributed by atoms with Gasteiger partial charge < -0.3 is 10.6 Å². The van der Waals surface area contributed by atoms with Crippen LogP contribution in [0.2, 0.25) is 0 Å². The van der Waals surface area contributed by atoms with Gasteiger partial charge >= 0.3 is 0 Å². The lowest BCUT2D eigenvalue weighted by Crippen LogP contribution is -2.31. The van der Waals surface area contributed by atoms with Crippen LogP contribution in [-0.4, -0.2) is 18.6 Å². The molecule has 2 heteroatoms. The Morgan fingerprint density at radius 3 is 2.88 bits per heavy atom. The van der Waals surface area contributed by atoms with Gasteiger partial charge in [0.1, 0.15) is 0 Å². The summed E-state index contributed by atoms with van der Waals surface area (Å²) in [5.74, 6) is 0. The van der Waals surface area contributed by atoms with Gasteiger partial charge in [-0.3, -0.25) is 0 Å². The molecular weight excluding hydrogens is 208 g/mol. The van der Waals surface area contributed by atoms with E-state index in [4.69, 9.17) is 5.73 Å². The zero-order valence-electron chi connectivity index (χ0n) is 10.5. The van der Waals surface area contributed by atoms with E-state index in [0.29, 0.717) is 0 Å². The van der Waals surface area contributed by atoms with E-state index in [1.807, 2.05) is 0 Å². The van der Waals surface area contributed by atoms with Crippen molar-refractivity contribution in [1.29, 1.82) is 0 Å². The Morgan fingerprint density at radius 2 is 2.06 bits per heavy atom. The molecule has 17 heavy (non-hydrogen) atoms. The summed E-state index contributed by atoms with van der Waals surface area (Å²) in [5, 5.41) is 0. The Morgan fingerprint density at radius 1 is 1.24 bits per heavy atom. The van der Waals surface area contributed by atoms with E-state index in [-0.39, 0.29) is 5.54 Å². The maximum absolute atomic E-state index is 6.14. The average molecular weight is 230 g/mol. The maximum Gasteiger partial charge on any atom is 0.0398 e. The molecule has 2 nitrogen and oxygen atoms in total. The number of benzene rings is 1. The predicted molar refractivity (Wildman–Crippen MR) is 72.4 cm³/mol. The zero-order valence-corrected chi connectivity index (χ0v) is 10.5. The standard InChI is InChI=1S/C15H22N2/c16-15(9-10-15)8-4-12-17-11-3-6-13-5-1-2-7-14(13)17/h1-2,5,7H,3-4,6,8-12,16H2. The van der Waals surface area contributed by atoms with Gasteiger partial charge in [0.25, 0.3) is 0 Å². The third-order valence-electron chi connectivity index (χ3n) is 4.20. The molecule has 0 unspecified atom stereocenters. The molecule has 2 N–H and O–H groups in total. The molecule has 0 bridgehead atoms. The molecule has 1 saturated carbocycles. The Bertz CT molecular complexity index is 396. The zero-order chi connectivity index (χ0) is 11.7. The van der Waals surface area contributed by atoms with Crippen LogP contribution in [-0.2, 0) is 6.42 Å². The first-order valence-electron chi connectivity index (χ1n) is 6.89. The van der Waals surface area contributed by atoms with Crippen LogP contribution in [0.15, 0.2) is 24.3 Å². The molecular formula is C15H22N2. The van der Waals surface area contributed by atoms with Gasteiger partial charge in [-0.1, -0.05) is 18.2 Å². The van der Waals surface area contributed by atoms with Crippen molar-refractivity contribution in [2.24, 2.45) is 5.73 Å². The fourth-order valence-electron chi connectivity index (χ4n) is 2.88. The van der Waals surface area contributed by atoms with E-state index in [1.165, 1.54) is 62.9 Å². The third kappa shape index (κ3) is 2.47.